The van der Waals surface area contributed by atoms with Gasteiger partial charge in [-0.15, -0.1) is 0 Å². The van der Waals surface area contributed by atoms with Crippen molar-refractivity contribution in [3.8, 4) is 0 Å². The van der Waals surface area contributed by atoms with Crippen LogP contribution in [-0.4, -0.2) is 21.6 Å². The molecule has 5 nitrogen and oxygen atoms in total. The fraction of sp³-hybridized carbons (Fsp3) is 0.111. The molecule has 2 aromatic carbocycles. The fourth-order valence-electron chi connectivity index (χ4n) is 2.59. The standard InChI is InChI=1S/C18H15FN2O3/c19-14-7-6-12-8-9-21(15(12)10-14)11-16(22)20-17(18(23)24)13-4-2-1-3-5-13/h1-10,17H,11H2,(H,20,22)(H,23,24)/t17-/m1/s1. The van der Waals surface area contributed by atoms with Crippen LogP contribution in [0, 0.1) is 5.82 Å². The molecule has 0 spiro atoms. The van der Waals surface area contributed by atoms with Crippen LogP contribution in [0.1, 0.15) is 11.6 Å². The van der Waals surface area contributed by atoms with Gasteiger partial charge < -0.3 is 15.0 Å². The lowest BCUT2D eigenvalue weighted by Crippen LogP contribution is -2.35. The van der Waals surface area contributed by atoms with Crippen molar-refractivity contribution < 1.29 is 19.1 Å². The van der Waals surface area contributed by atoms with Crippen molar-refractivity contribution in [3.05, 3.63) is 72.2 Å². The highest BCUT2D eigenvalue weighted by molar-refractivity contribution is 5.86. The van der Waals surface area contributed by atoms with Crippen molar-refractivity contribution in [2.75, 3.05) is 0 Å². The lowest BCUT2D eigenvalue weighted by Gasteiger charge is -2.15. The first-order valence-electron chi connectivity index (χ1n) is 7.36. The first kappa shape index (κ1) is 15.7. The van der Waals surface area contributed by atoms with E-state index in [2.05, 4.69) is 5.32 Å². The topological polar surface area (TPSA) is 71.3 Å². The number of nitrogens with zero attached hydrogens (tertiary/aromatic N) is 1. The highest BCUT2D eigenvalue weighted by Crippen LogP contribution is 2.17. The van der Waals surface area contributed by atoms with Crippen molar-refractivity contribution in [1.82, 2.24) is 9.88 Å². The monoisotopic (exact) mass is 326 g/mol. The van der Waals surface area contributed by atoms with Gasteiger partial charge in [-0.1, -0.05) is 30.3 Å². The van der Waals surface area contributed by atoms with Gasteiger partial charge in [-0.3, -0.25) is 4.79 Å². The zero-order valence-corrected chi connectivity index (χ0v) is 12.6. The zero-order valence-electron chi connectivity index (χ0n) is 12.6. The number of carbonyl (C=O) groups is 2. The minimum Gasteiger partial charge on any atom is -0.479 e. The Morgan fingerprint density at radius 2 is 1.88 bits per heavy atom. The molecule has 0 fully saturated rings. The average Bonchev–Trinajstić information content (AvgIpc) is 2.95. The number of rotatable bonds is 5. The summed E-state index contributed by atoms with van der Waals surface area (Å²) < 4.78 is 15.0. The van der Waals surface area contributed by atoms with E-state index in [9.17, 15) is 19.1 Å². The third kappa shape index (κ3) is 3.27. The van der Waals surface area contributed by atoms with Crippen LogP contribution in [0.4, 0.5) is 4.39 Å². The average molecular weight is 326 g/mol. The van der Waals surface area contributed by atoms with E-state index in [0.717, 1.165) is 5.39 Å². The summed E-state index contributed by atoms with van der Waals surface area (Å²) in [5.74, 6) is -2.00. The number of aromatic nitrogens is 1. The summed E-state index contributed by atoms with van der Waals surface area (Å²) >= 11 is 0. The van der Waals surface area contributed by atoms with Crippen molar-refractivity contribution in [2.45, 2.75) is 12.6 Å². The van der Waals surface area contributed by atoms with Crippen LogP contribution in [0.5, 0.6) is 0 Å². The smallest absolute Gasteiger partial charge is 0.330 e. The van der Waals surface area contributed by atoms with Crippen LogP contribution in [0.15, 0.2) is 60.8 Å². The van der Waals surface area contributed by atoms with Gasteiger partial charge in [-0.2, -0.15) is 0 Å². The second kappa shape index (κ2) is 6.54. The van der Waals surface area contributed by atoms with Crippen LogP contribution in [0.2, 0.25) is 0 Å². The second-order valence-corrected chi connectivity index (χ2v) is 5.40. The summed E-state index contributed by atoms with van der Waals surface area (Å²) in [5, 5.41) is 12.6. The lowest BCUT2D eigenvalue weighted by molar-refractivity contribution is -0.142. The first-order valence-corrected chi connectivity index (χ1v) is 7.36. The normalized spacial score (nSPS) is 12.0. The van der Waals surface area contributed by atoms with Gasteiger partial charge in [0.1, 0.15) is 12.4 Å². The molecular weight excluding hydrogens is 311 g/mol. The third-order valence-corrected chi connectivity index (χ3v) is 3.74. The number of hydrogen-bond acceptors (Lipinski definition) is 2. The number of halogens is 1. The molecule has 0 saturated carbocycles. The number of fused-ring (bicyclic) bond motifs is 1. The number of carbonyl (C=O) groups excluding carboxylic acids is 1. The van der Waals surface area contributed by atoms with E-state index in [1.807, 2.05) is 0 Å². The Balaban J connectivity index is 1.78. The van der Waals surface area contributed by atoms with Gasteiger partial charge in [-0.25, -0.2) is 9.18 Å². The molecule has 0 bridgehead atoms. The Bertz CT molecular complexity index is 890. The summed E-state index contributed by atoms with van der Waals surface area (Å²) in [6, 6.07) is 13.4. The molecule has 0 unspecified atom stereocenters. The molecule has 6 heteroatoms. The maximum Gasteiger partial charge on any atom is 0.330 e. The highest BCUT2D eigenvalue weighted by atomic mass is 19.1. The van der Waals surface area contributed by atoms with E-state index in [-0.39, 0.29) is 6.54 Å². The number of amides is 1. The predicted molar refractivity (Wildman–Crippen MR) is 86.9 cm³/mol. The van der Waals surface area contributed by atoms with E-state index in [0.29, 0.717) is 11.1 Å². The molecule has 0 saturated heterocycles. The summed E-state index contributed by atoms with van der Waals surface area (Å²) in [6.45, 7) is -0.0937. The molecule has 3 rings (SSSR count). The molecule has 1 atom stereocenters. The fourth-order valence-corrected chi connectivity index (χ4v) is 2.59. The Hall–Kier alpha value is -3.15. The SMILES string of the molecule is O=C(Cn1ccc2ccc(F)cc21)N[C@@H](C(=O)O)c1ccccc1. The van der Waals surface area contributed by atoms with Crippen LogP contribution >= 0.6 is 0 Å². The number of nitrogens with one attached hydrogen (secondary N) is 1. The second-order valence-electron chi connectivity index (χ2n) is 5.40. The van der Waals surface area contributed by atoms with Gasteiger partial charge in [0.25, 0.3) is 0 Å². The van der Waals surface area contributed by atoms with Crippen LogP contribution in [0.3, 0.4) is 0 Å². The molecule has 122 valence electrons. The summed E-state index contributed by atoms with van der Waals surface area (Å²) in [7, 11) is 0. The van der Waals surface area contributed by atoms with Crippen molar-refractivity contribution in [2.24, 2.45) is 0 Å². The number of hydrogen-bond donors (Lipinski definition) is 2. The Morgan fingerprint density at radius 3 is 2.58 bits per heavy atom. The van der Waals surface area contributed by atoms with E-state index < -0.39 is 23.7 Å². The molecule has 2 N–H and O–H groups in total. The van der Waals surface area contributed by atoms with Crippen molar-refractivity contribution in [3.63, 3.8) is 0 Å². The number of carboxylic acids is 1. The van der Waals surface area contributed by atoms with Gasteiger partial charge in [0, 0.05) is 6.20 Å². The van der Waals surface area contributed by atoms with E-state index >= 15 is 0 Å². The minimum atomic E-state index is -1.14. The third-order valence-electron chi connectivity index (χ3n) is 3.74. The lowest BCUT2D eigenvalue weighted by atomic mass is 10.1. The Kier molecular flexibility index (Phi) is 4.29. The van der Waals surface area contributed by atoms with Crippen molar-refractivity contribution in [1.29, 1.82) is 0 Å². The van der Waals surface area contributed by atoms with E-state index in [1.54, 1.807) is 53.2 Å². The van der Waals surface area contributed by atoms with Crippen LogP contribution < -0.4 is 5.32 Å². The first-order chi connectivity index (χ1) is 11.5. The maximum absolute atomic E-state index is 13.4. The molecule has 1 amide bonds. The quantitative estimate of drug-likeness (QED) is 0.757. The number of carboxylic acid groups (broad SMARTS) is 1. The van der Waals surface area contributed by atoms with Gasteiger partial charge in [-0.05, 0) is 35.2 Å². The predicted octanol–water partition coefficient (Wildman–Crippen LogP) is 2.72. The summed E-state index contributed by atoms with van der Waals surface area (Å²) in [4.78, 5) is 23.7. The van der Waals surface area contributed by atoms with E-state index in [1.165, 1.54) is 12.1 Å². The summed E-state index contributed by atoms with van der Waals surface area (Å²) in [5.41, 5.74) is 1.07. The molecule has 3 aromatic rings. The molecule has 0 aliphatic rings. The van der Waals surface area contributed by atoms with Gasteiger partial charge >= 0.3 is 5.97 Å². The number of aliphatic carboxylic acids is 1. The van der Waals surface area contributed by atoms with Crippen molar-refractivity contribution >= 4 is 22.8 Å². The molecular formula is C18H15FN2O3. The molecule has 1 heterocycles. The maximum atomic E-state index is 13.4. The summed E-state index contributed by atoms with van der Waals surface area (Å²) in [6.07, 6.45) is 1.67. The van der Waals surface area contributed by atoms with E-state index in [4.69, 9.17) is 0 Å². The van der Waals surface area contributed by atoms with Crippen LogP contribution in [-0.2, 0) is 16.1 Å². The molecule has 1 aromatic heterocycles. The molecule has 0 radical (unpaired) electrons. The largest absolute Gasteiger partial charge is 0.479 e. The Morgan fingerprint density at radius 1 is 1.12 bits per heavy atom. The highest BCUT2D eigenvalue weighted by Gasteiger charge is 2.22. The molecule has 0 aliphatic carbocycles. The molecule has 0 aliphatic heterocycles. The minimum absolute atomic E-state index is 0.0937. The molecule has 24 heavy (non-hydrogen) atoms. The Labute approximate surface area is 137 Å². The van der Waals surface area contributed by atoms with Gasteiger partial charge in [0.05, 0.1) is 5.52 Å². The van der Waals surface area contributed by atoms with Crippen LogP contribution in [0.25, 0.3) is 10.9 Å². The van der Waals surface area contributed by atoms with Gasteiger partial charge in [0.15, 0.2) is 6.04 Å². The zero-order chi connectivity index (χ0) is 17.1. The number of benzene rings is 2. The van der Waals surface area contributed by atoms with Gasteiger partial charge in [0.2, 0.25) is 5.91 Å².